The Balaban J connectivity index is 2.38. The van der Waals surface area contributed by atoms with Crippen LogP contribution in [0.4, 0.5) is 4.79 Å². The average Bonchev–Trinajstić information content (AvgIpc) is 2.67. The Labute approximate surface area is 111 Å². The summed E-state index contributed by atoms with van der Waals surface area (Å²) < 4.78 is 0.711. The van der Waals surface area contributed by atoms with Crippen LogP contribution >= 0.6 is 15.9 Å². The van der Waals surface area contributed by atoms with Crippen molar-refractivity contribution in [3.8, 4) is 0 Å². The van der Waals surface area contributed by atoms with E-state index in [4.69, 9.17) is 5.11 Å². The Hall–Kier alpha value is -1.57. The minimum Gasteiger partial charge on any atom is -0.465 e. The normalized spacial score (nSPS) is 12.6. The van der Waals surface area contributed by atoms with Crippen molar-refractivity contribution in [2.75, 3.05) is 6.54 Å². The van der Waals surface area contributed by atoms with E-state index in [2.05, 4.69) is 31.7 Å². The number of nitrogens with one attached hydrogen (secondary N) is 3. The van der Waals surface area contributed by atoms with Crippen LogP contribution in [0.3, 0.4) is 0 Å². The lowest BCUT2D eigenvalue weighted by Crippen LogP contribution is -2.32. The molecule has 2 aromatic rings. The SMILES string of the molecule is O=C(O)NCC(NO)c1c(Br)[nH]c2ccccc12. The molecule has 0 aliphatic carbocycles. The fraction of sp³-hybridized carbons (Fsp3) is 0.182. The van der Waals surface area contributed by atoms with Gasteiger partial charge in [0.05, 0.1) is 10.6 Å². The van der Waals surface area contributed by atoms with Gasteiger partial charge in [0.1, 0.15) is 0 Å². The highest BCUT2D eigenvalue weighted by atomic mass is 79.9. The summed E-state index contributed by atoms with van der Waals surface area (Å²) in [4.78, 5) is 13.6. The third-order valence-corrected chi connectivity index (χ3v) is 3.29. The van der Waals surface area contributed by atoms with Crippen molar-refractivity contribution in [2.45, 2.75) is 6.04 Å². The first-order chi connectivity index (χ1) is 8.63. The number of hydroxylamine groups is 1. The van der Waals surface area contributed by atoms with Gasteiger partial charge in [-0.05, 0) is 22.0 Å². The quantitative estimate of drug-likeness (QED) is 0.559. The number of H-pyrrole nitrogens is 1. The average molecular weight is 314 g/mol. The summed E-state index contributed by atoms with van der Waals surface area (Å²) in [6.07, 6.45) is -1.13. The smallest absolute Gasteiger partial charge is 0.404 e. The lowest BCUT2D eigenvalue weighted by Gasteiger charge is -2.15. The molecule has 6 nitrogen and oxygen atoms in total. The van der Waals surface area contributed by atoms with Crippen molar-refractivity contribution in [1.82, 2.24) is 15.8 Å². The first-order valence-electron chi connectivity index (χ1n) is 5.26. The van der Waals surface area contributed by atoms with Crippen molar-refractivity contribution in [2.24, 2.45) is 0 Å². The Bertz CT molecular complexity index is 570. The van der Waals surface area contributed by atoms with Crippen LogP contribution in [-0.2, 0) is 0 Å². The summed E-state index contributed by atoms with van der Waals surface area (Å²) >= 11 is 3.38. The molecule has 18 heavy (non-hydrogen) atoms. The van der Waals surface area contributed by atoms with Crippen LogP contribution in [0.15, 0.2) is 28.9 Å². The molecule has 0 saturated heterocycles. The van der Waals surface area contributed by atoms with E-state index >= 15 is 0 Å². The predicted octanol–water partition coefficient (Wildman–Crippen LogP) is 2.22. The second-order valence-corrected chi connectivity index (χ2v) is 4.56. The second kappa shape index (κ2) is 5.38. The van der Waals surface area contributed by atoms with Crippen molar-refractivity contribution >= 4 is 32.9 Å². The van der Waals surface area contributed by atoms with Gasteiger partial charge in [-0.2, -0.15) is 5.48 Å². The second-order valence-electron chi connectivity index (χ2n) is 3.77. The number of hydrogen-bond donors (Lipinski definition) is 5. The van der Waals surface area contributed by atoms with E-state index in [0.717, 1.165) is 16.5 Å². The number of rotatable bonds is 4. The molecule has 0 bridgehead atoms. The molecule has 0 saturated carbocycles. The molecule has 0 fully saturated rings. The Kier molecular flexibility index (Phi) is 3.85. The first-order valence-corrected chi connectivity index (χ1v) is 6.05. The van der Waals surface area contributed by atoms with Gasteiger partial charge in [-0.3, -0.25) is 0 Å². The summed E-state index contributed by atoms with van der Waals surface area (Å²) in [5.74, 6) is 0. The third kappa shape index (κ3) is 2.47. The van der Waals surface area contributed by atoms with E-state index < -0.39 is 12.1 Å². The van der Waals surface area contributed by atoms with Gasteiger partial charge in [0.2, 0.25) is 0 Å². The first kappa shape index (κ1) is 12.9. The molecule has 1 unspecified atom stereocenters. The van der Waals surface area contributed by atoms with Crippen LogP contribution in [0.5, 0.6) is 0 Å². The van der Waals surface area contributed by atoms with Gasteiger partial charge >= 0.3 is 6.09 Å². The number of para-hydroxylation sites is 1. The highest BCUT2D eigenvalue weighted by molar-refractivity contribution is 9.10. The van der Waals surface area contributed by atoms with Crippen LogP contribution in [0, 0.1) is 0 Å². The van der Waals surface area contributed by atoms with Crippen molar-refractivity contribution in [1.29, 1.82) is 0 Å². The number of carboxylic acid groups (broad SMARTS) is 1. The molecular weight excluding hydrogens is 302 g/mol. The number of benzene rings is 1. The molecular formula is C11H12BrN3O3. The molecule has 7 heteroatoms. The minimum atomic E-state index is -1.13. The van der Waals surface area contributed by atoms with E-state index in [0.29, 0.717) is 4.60 Å². The number of aromatic amines is 1. The molecule has 1 aromatic carbocycles. The zero-order chi connectivity index (χ0) is 13.1. The maximum atomic E-state index is 10.5. The maximum Gasteiger partial charge on any atom is 0.404 e. The molecule has 2 rings (SSSR count). The summed E-state index contributed by atoms with van der Waals surface area (Å²) in [5, 5.41) is 20.9. The zero-order valence-corrected chi connectivity index (χ0v) is 10.9. The number of aromatic nitrogens is 1. The van der Waals surface area contributed by atoms with E-state index in [9.17, 15) is 10.0 Å². The topological polar surface area (TPSA) is 97.4 Å². The number of hydrogen-bond acceptors (Lipinski definition) is 3. The lowest BCUT2D eigenvalue weighted by molar-refractivity contribution is 0.123. The highest BCUT2D eigenvalue weighted by Gasteiger charge is 2.19. The molecule has 0 aliphatic rings. The molecule has 1 aromatic heterocycles. The standard InChI is InChI=1S/C11H12BrN3O3/c12-10-9(8(15-18)5-13-11(16)17)6-3-1-2-4-7(6)14-10/h1-4,8,13-15,18H,5H2,(H,16,17). The number of carbonyl (C=O) groups is 1. The van der Waals surface area contributed by atoms with Crippen LogP contribution in [0.2, 0.25) is 0 Å². The van der Waals surface area contributed by atoms with Gasteiger partial charge in [-0.1, -0.05) is 18.2 Å². The number of fused-ring (bicyclic) bond motifs is 1. The summed E-state index contributed by atoms with van der Waals surface area (Å²) in [7, 11) is 0. The molecule has 0 aliphatic heterocycles. The van der Waals surface area contributed by atoms with Crippen molar-refractivity contribution in [3.05, 3.63) is 34.4 Å². The monoisotopic (exact) mass is 313 g/mol. The minimum absolute atomic E-state index is 0.0618. The molecule has 0 spiro atoms. The summed E-state index contributed by atoms with van der Waals surface area (Å²) in [6.45, 7) is 0.0618. The van der Waals surface area contributed by atoms with Crippen LogP contribution in [0.25, 0.3) is 10.9 Å². The molecule has 0 radical (unpaired) electrons. The van der Waals surface area contributed by atoms with Crippen molar-refractivity contribution in [3.63, 3.8) is 0 Å². The van der Waals surface area contributed by atoms with Gasteiger partial charge in [-0.15, -0.1) is 0 Å². The van der Waals surface area contributed by atoms with Crippen LogP contribution < -0.4 is 10.8 Å². The third-order valence-electron chi connectivity index (χ3n) is 2.66. The summed E-state index contributed by atoms with van der Waals surface area (Å²) in [6, 6.07) is 7.04. The van der Waals surface area contributed by atoms with Crippen molar-refractivity contribution < 1.29 is 15.1 Å². The maximum absolute atomic E-state index is 10.5. The molecule has 1 atom stereocenters. The molecule has 5 N–H and O–H groups in total. The Morgan fingerprint density at radius 2 is 2.17 bits per heavy atom. The highest BCUT2D eigenvalue weighted by Crippen LogP contribution is 2.31. The van der Waals surface area contributed by atoms with E-state index in [1.807, 2.05) is 24.3 Å². The number of amides is 1. The predicted molar refractivity (Wildman–Crippen MR) is 69.7 cm³/mol. The number of halogens is 1. The van der Waals surface area contributed by atoms with Gasteiger partial charge in [-0.25, -0.2) is 4.79 Å². The van der Waals surface area contributed by atoms with E-state index in [-0.39, 0.29) is 6.54 Å². The van der Waals surface area contributed by atoms with Gasteiger partial charge in [0.25, 0.3) is 0 Å². The molecule has 1 heterocycles. The van der Waals surface area contributed by atoms with Gasteiger partial charge < -0.3 is 20.6 Å². The summed E-state index contributed by atoms with van der Waals surface area (Å²) in [5.41, 5.74) is 3.81. The van der Waals surface area contributed by atoms with E-state index in [1.54, 1.807) is 0 Å². The van der Waals surface area contributed by atoms with Gasteiger partial charge in [0, 0.05) is 23.0 Å². The molecule has 1 amide bonds. The Morgan fingerprint density at radius 3 is 2.83 bits per heavy atom. The molecule has 96 valence electrons. The van der Waals surface area contributed by atoms with Gasteiger partial charge in [0.15, 0.2) is 0 Å². The fourth-order valence-corrected chi connectivity index (χ4v) is 2.58. The van der Waals surface area contributed by atoms with Crippen LogP contribution in [-0.4, -0.2) is 27.9 Å². The fourth-order valence-electron chi connectivity index (χ4n) is 1.87. The largest absolute Gasteiger partial charge is 0.465 e. The lowest BCUT2D eigenvalue weighted by atomic mass is 10.1. The van der Waals surface area contributed by atoms with E-state index in [1.165, 1.54) is 0 Å². The zero-order valence-electron chi connectivity index (χ0n) is 9.27. The Morgan fingerprint density at radius 1 is 1.44 bits per heavy atom. The van der Waals surface area contributed by atoms with Crippen LogP contribution in [0.1, 0.15) is 11.6 Å².